The molecule has 4 heteroatoms. The summed E-state index contributed by atoms with van der Waals surface area (Å²) in [5.41, 5.74) is 7.67. The minimum Gasteiger partial charge on any atom is -0.398 e. The molecule has 0 unspecified atom stereocenters. The van der Waals surface area contributed by atoms with Crippen LogP contribution in [0.2, 0.25) is 0 Å². The first-order valence-corrected chi connectivity index (χ1v) is 7.26. The lowest BCUT2D eigenvalue weighted by Gasteiger charge is -2.27. The molecule has 1 aromatic rings. The third-order valence-electron chi connectivity index (χ3n) is 3.15. The Kier molecular flexibility index (Phi) is 7.09. The zero-order valence-corrected chi connectivity index (χ0v) is 12.8. The molecule has 1 amide bonds. The molecule has 0 bridgehead atoms. The van der Waals surface area contributed by atoms with E-state index >= 15 is 0 Å². The smallest absolute Gasteiger partial charge is 0.225 e. The number of hydrogen-bond acceptors (Lipinski definition) is 3. The van der Waals surface area contributed by atoms with Crippen LogP contribution in [0.4, 0.5) is 5.69 Å². The summed E-state index contributed by atoms with van der Waals surface area (Å²) in [6.45, 7) is 7.84. The van der Waals surface area contributed by atoms with Crippen LogP contribution in [0.3, 0.4) is 0 Å². The van der Waals surface area contributed by atoms with Crippen molar-refractivity contribution in [1.82, 2.24) is 4.90 Å². The molecular weight excluding hydrogens is 252 g/mol. The Hall–Kier alpha value is -1.55. The van der Waals surface area contributed by atoms with Gasteiger partial charge in [-0.2, -0.15) is 0 Å². The Balaban J connectivity index is 2.60. The summed E-state index contributed by atoms with van der Waals surface area (Å²) < 4.78 is 5.39. The average Bonchev–Trinajstić information content (AvgIpc) is 2.42. The van der Waals surface area contributed by atoms with E-state index in [9.17, 15) is 4.79 Å². The van der Waals surface area contributed by atoms with Gasteiger partial charge in [0.1, 0.15) is 0 Å². The van der Waals surface area contributed by atoms with Gasteiger partial charge in [-0.05, 0) is 31.9 Å². The second-order valence-electron chi connectivity index (χ2n) is 5.18. The molecule has 2 N–H and O–H groups in total. The van der Waals surface area contributed by atoms with Crippen molar-refractivity contribution in [2.75, 3.05) is 18.9 Å². The van der Waals surface area contributed by atoms with Gasteiger partial charge in [-0.1, -0.05) is 25.1 Å². The summed E-state index contributed by atoms with van der Waals surface area (Å²) in [5, 5.41) is 0. The fourth-order valence-electron chi connectivity index (χ4n) is 1.97. The van der Waals surface area contributed by atoms with Crippen molar-refractivity contribution in [2.45, 2.75) is 46.2 Å². The van der Waals surface area contributed by atoms with E-state index in [4.69, 9.17) is 10.5 Å². The van der Waals surface area contributed by atoms with Crippen LogP contribution in [-0.4, -0.2) is 30.1 Å². The zero-order valence-electron chi connectivity index (χ0n) is 12.8. The van der Waals surface area contributed by atoms with E-state index in [1.54, 1.807) is 0 Å². The van der Waals surface area contributed by atoms with Gasteiger partial charge >= 0.3 is 0 Å². The van der Waals surface area contributed by atoms with Gasteiger partial charge in [0.05, 0.1) is 13.0 Å². The third kappa shape index (κ3) is 5.21. The van der Waals surface area contributed by atoms with Crippen LogP contribution in [0.1, 0.15) is 39.2 Å². The van der Waals surface area contributed by atoms with Crippen LogP contribution in [0, 0.1) is 0 Å². The van der Waals surface area contributed by atoms with Gasteiger partial charge in [-0.25, -0.2) is 0 Å². The van der Waals surface area contributed by atoms with Crippen molar-refractivity contribution in [3.05, 3.63) is 29.8 Å². The molecule has 0 spiro atoms. The number of para-hydroxylation sites is 1. The van der Waals surface area contributed by atoms with E-state index < -0.39 is 0 Å². The summed E-state index contributed by atoms with van der Waals surface area (Å²) in [5.74, 6) is 0.111. The molecule has 0 aliphatic carbocycles. The van der Waals surface area contributed by atoms with Crippen molar-refractivity contribution in [2.24, 2.45) is 0 Å². The van der Waals surface area contributed by atoms with E-state index in [2.05, 4.69) is 6.92 Å². The summed E-state index contributed by atoms with van der Waals surface area (Å²) in [6.07, 6.45) is 1.40. The Morgan fingerprint density at radius 3 is 2.60 bits per heavy atom. The van der Waals surface area contributed by atoms with E-state index in [0.29, 0.717) is 26.2 Å². The highest BCUT2D eigenvalue weighted by atomic mass is 16.5. The van der Waals surface area contributed by atoms with Gasteiger partial charge in [0.15, 0.2) is 0 Å². The number of carbonyl (C=O) groups is 1. The fraction of sp³-hybridized carbons (Fsp3) is 0.562. The number of nitrogens with two attached hydrogens (primary N) is 1. The first-order valence-electron chi connectivity index (χ1n) is 7.26. The number of anilines is 1. The standard InChI is InChI=1S/C16H26N2O2/c1-4-10-20-11-9-16(19)18(13(2)3)12-14-7-5-6-8-15(14)17/h5-8,13H,4,9-12,17H2,1-3H3. The quantitative estimate of drug-likeness (QED) is 0.587. The molecule has 0 saturated carbocycles. The molecule has 0 fully saturated rings. The molecule has 0 aliphatic rings. The Morgan fingerprint density at radius 2 is 2.00 bits per heavy atom. The predicted octanol–water partition coefficient (Wildman–Crippen LogP) is 2.82. The Labute approximate surface area is 121 Å². The fourth-order valence-corrected chi connectivity index (χ4v) is 1.97. The maximum absolute atomic E-state index is 12.3. The van der Waals surface area contributed by atoms with Crippen LogP contribution in [0.25, 0.3) is 0 Å². The third-order valence-corrected chi connectivity index (χ3v) is 3.15. The summed E-state index contributed by atoms with van der Waals surface area (Å²) in [7, 11) is 0. The highest BCUT2D eigenvalue weighted by Gasteiger charge is 2.17. The molecule has 4 nitrogen and oxygen atoms in total. The topological polar surface area (TPSA) is 55.6 Å². The van der Waals surface area contributed by atoms with Crippen LogP contribution >= 0.6 is 0 Å². The number of amides is 1. The van der Waals surface area contributed by atoms with E-state index in [1.807, 2.05) is 43.0 Å². The van der Waals surface area contributed by atoms with Crippen LogP contribution < -0.4 is 5.73 Å². The number of benzene rings is 1. The van der Waals surface area contributed by atoms with Crippen molar-refractivity contribution in [1.29, 1.82) is 0 Å². The van der Waals surface area contributed by atoms with Crippen molar-refractivity contribution < 1.29 is 9.53 Å². The molecule has 1 rings (SSSR count). The van der Waals surface area contributed by atoms with E-state index in [-0.39, 0.29) is 11.9 Å². The van der Waals surface area contributed by atoms with Crippen molar-refractivity contribution in [3.63, 3.8) is 0 Å². The Morgan fingerprint density at radius 1 is 1.30 bits per heavy atom. The minimum absolute atomic E-state index is 0.111. The van der Waals surface area contributed by atoms with Gasteiger partial charge in [-0.3, -0.25) is 4.79 Å². The number of ether oxygens (including phenoxy) is 1. The van der Waals surface area contributed by atoms with Gasteiger partial charge < -0.3 is 15.4 Å². The molecule has 0 aliphatic heterocycles. The number of carbonyl (C=O) groups excluding carboxylic acids is 1. The second kappa shape index (κ2) is 8.59. The second-order valence-corrected chi connectivity index (χ2v) is 5.18. The molecule has 20 heavy (non-hydrogen) atoms. The lowest BCUT2D eigenvalue weighted by Crippen LogP contribution is -2.37. The lowest BCUT2D eigenvalue weighted by molar-refractivity contribution is -0.134. The van der Waals surface area contributed by atoms with Gasteiger partial charge in [0.25, 0.3) is 0 Å². The Bertz CT molecular complexity index is 419. The number of hydrogen-bond donors (Lipinski definition) is 1. The van der Waals surface area contributed by atoms with Crippen molar-refractivity contribution in [3.8, 4) is 0 Å². The summed E-state index contributed by atoms with van der Waals surface area (Å²) in [6, 6.07) is 7.82. The molecule has 0 atom stereocenters. The highest BCUT2D eigenvalue weighted by Crippen LogP contribution is 2.16. The first kappa shape index (κ1) is 16.5. The maximum atomic E-state index is 12.3. The van der Waals surface area contributed by atoms with Gasteiger partial charge in [0.2, 0.25) is 5.91 Å². The molecule has 0 heterocycles. The maximum Gasteiger partial charge on any atom is 0.225 e. The first-order chi connectivity index (χ1) is 9.56. The van der Waals surface area contributed by atoms with Crippen LogP contribution in [0.5, 0.6) is 0 Å². The average molecular weight is 278 g/mol. The predicted molar refractivity (Wildman–Crippen MR) is 82.3 cm³/mol. The van der Waals surface area contributed by atoms with Gasteiger partial charge in [-0.15, -0.1) is 0 Å². The molecule has 1 aromatic carbocycles. The van der Waals surface area contributed by atoms with Crippen LogP contribution in [-0.2, 0) is 16.1 Å². The van der Waals surface area contributed by atoms with E-state index in [0.717, 1.165) is 17.7 Å². The molecule has 0 saturated heterocycles. The number of nitrogen functional groups attached to an aromatic ring is 1. The molecule has 112 valence electrons. The number of rotatable bonds is 8. The zero-order chi connectivity index (χ0) is 15.0. The van der Waals surface area contributed by atoms with Gasteiger partial charge in [0, 0.05) is 24.9 Å². The van der Waals surface area contributed by atoms with Crippen LogP contribution in [0.15, 0.2) is 24.3 Å². The molecule has 0 aromatic heterocycles. The summed E-state index contributed by atoms with van der Waals surface area (Å²) in [4.78, 5) is 14.1. The normalized spacial score (nSPS) is 10.8. The van der Waals surface area contributed by atoms with Crippen molar-refractivity contribution >= 4 is 11.6 Å². The highest BCUT2D eigenvalue weighted by molar-refractivity contribution is 5.76. The monoisotopic (exact) mass is 278 g/mol. The SMILES string of the molecule is CCCOCCC(=O)N(Cc1ccccc1N)C(C)C. The number of nitrogens with zero attached hydrogens (tertiary/aromatic N) is 1. The lowest BCUT2D eigenvalue weighted by atomic mass is 10.1. The molecule has 0 radical (unpaired) electrons. The minimum atomic E-state index is 0.111. The van der Waals surface area contributed by atoms with E-state index in [1.165, 1.54) is 0 Å². The summed E-state index contributed by atoms with van der Waals surface area (Å²) >= 11 is 0. The molecular formula is C16H26N2O2. The largest absolute Gasteiger partial charge is 0.398 e.